The molecule has 2 heterocycles. The van der Waals surface area contributed by atoms with Crippen molar-refractivity contribution in [3.8, 4) is 5.75 Å². The Bertz CT molecular complexity index is 822. The molecule has 3 heteroatoms. The Morgan fingerprint density at radius 2 is 1.96 bits per heavy atom. The average Bonchev–Trinajstić information content (AvgIpc) is 3.20. The molecule has 3 fully saturated rings. The van der Waals surface area contributed by atoms with Gasteiger partial charge >= 0.3 is 0 Å². The molecule has 3 nitrogen and oxygen atoms in total. The molecule has 6 rings (SSSR count). The van der Waals surface area contributed by atoms with Crippen LogP contribution in [0, 0.1) is 28.6 Å². The van der Waals surface area contributed by atoms with Gasteiger partial charge < -0.3 is 9.84 Å². The highest BCUT2D eigenvalue weighted by molar-refractivity contribution is 5.37. The summed E-state index contributed by atoms with van der Waals surface area (Å²) in [4.78, 5) is 4.64. The zero-order valence-corrected chi connectivity index (χ0v) is 17.3. The molecular weight excluding hydrogens is 346 g/mol. The van der Waals surface area contributed by atoms with Crippen molar-refractivity contribution < 1.29 is 9.84 Å². The summed E-state index contributed by atoms with van der Waals surface area (Å²) in [6.45, 7) is 5.06. The van der Waals surface area contributed by atoms with Crippen molar-refractivity contribution in [2.24, 2.45) is 28.6 Å². The van der Waals surface area contributed by atoms with Crippen LogP contribution >= 0.6 is 0 Å². The van der Waals surface area contributed by atoms with E-state index in [0.29, 0.717) is 5.41 Å². The van der Waals surface area contributed by atoms with E-state index >= 15 is 0 Å². The first-order chi connectivity index (χ1) is 13.5. The largest absolute Gasteiger partial charge is 0.484 e. The normalized spacial score (nSPS) is 48.9. The van der Waals surface area contributed by atoms with E-state index in [9.17, 15) is 5.11 Å². The van der Waals surface area contributed by atoms with Crippen LogP contribution in [0.3, 0.4) is 0 Å². The minimum atomic E-state index is -0.114. The van der Waals surface area contributed by atoms with Gasteiger partial charge in [-0.2, -0.15) is 0 Å². The minimum absolute atomic E-state index is 0.0347. The van der Waals surface area contributed by atoms with Crippen molar-refractivity contribution in [2.45, 2.75) is 83.3 Å². The Morgan fingerprint density at radius 1 is 1.11 bits per heavy atom. The third kappa shape index (κ3) is 2.07. The second-order valence-electron chi connectivity index (χ2n) is 10.9. The molecule has 0 bridgehead atoms. The Balaban J connectivity index is 1.34. The van der Waals surface area contributed by atoms with E-state index in [1.54, 1.807) is 5.57 Å². The first-order valence-corrected chi connectivity index (χ1v) is 11.5. The number of aliphatic hydroxyl groups excluding tert-OH is 1. The fourth-order valence-corrected chi connectivity index (χ4v) is 8.36. The first-order valence-electron chi connectivity index (χ1n) is 11.5. The van der Waals surface area contributed by atoms with Crippen molar-refractivity contribution in [1.82, 2.24) is 4.98 Å². The summed E-state index contributed by atoms with van der Waals surface area (Å²) in [5.74, 6) is 3.35. The molecule has 1 aromatic rings. The molecule has 3 saturated carbocycles. The van der Waals surface area contributed by atoms with Crippen LogP contribution < -0.4 is 4.74 Å². The Labute approximate surface area is 168 Å². The van der Waals surface area contributed by atoms with Gasteiger partial charge in [0.25, 0.3) is 0 Å². The summed E-state index contributed by atoms with van der Waals surface area (Å²) in [6.07, 6.45) is 14.7. The lowest BCUT2D eigenvalue weighted by Gasteiger charge is -2.59. The molecule has 0 saturated heterocycles. The molecule has 150 valence electrons. The minimum Gasteiger partial charge on any atom is -0.484 e. The molecule has 1 N–H and O–H groups in total. The quantitative estimate of drug-likeness (QED) is 0.639. The predicted molar refractivity (Wildman–Crippen MR) is 109 cm³/mol. The predicted octanol–water partition coefficient (Wildman–Crippen LogP) is 5.08. The second kappa shape index (κ2) is 5.62. The summed E-state index contributed by atoms with van der Waals surface area (Å²) in [6, 6.07) is 4.12. The molecule has 0 aromatic carbocycles. The molecular formula is C25H33NO2. The smallest absolute Gasteiger partial charge is 0.141 e. The van der Waals surface area contributed by atoms with Gasteiger partial charge in [-0.25, -0.2) is 0 Å². The average molecular weight is 380 g/mol. The lowest BCUT2D eigenvalue weighted by molar-refractivity contribution is -0.103. The van der Waals surface area contributed by atoms with Gasteiger partial charge in [0.2, 0.25) is 0 Å². The Morgan fingerprint density at radius 3 is 2.82 bits per heavy atom. The fraction of sp³-hybridized carbons (Fsp3) is 0.720. The van der Waals surface area contributed by atoms with Crippen LogP contribution in [-0.4, -0.2) is 21.8 Å². The van der Waals surface area contributed by atoms with Gasteiger partial charge in [-0.15, -0.1) is 0 Å². The van der Waals surface area contributed by atoms with Gasteiger partial charge in [-0.05, 0) is 86.7 Å². The van der Waals surface area contributed by atoms with Gasteiger partial charge in [0.15, 0.2) is 0 Å². The molecule has 7 atom stereocenters. The van der Waals surface area contributed by atoms with Gasteiger partial charge in [0.1, 0.15) is 11.4 Å². The van der Waals surface area contributed by atoms with Gasteiger partial charge in [0, 0.05) is 18.0 Å². The number of nitrogens with zero attached hydrogens (tertiary/aromatic N) is 1. The maximum absolute atomic E-state index is 10.2. The SMILES string of the molecule is C[C@]12CC[C@H](O)CC1=CC[C@@H]1[C@@H]2CC[C@@]2(C)[C@H]1CCC21Cc2ncccc2O1. The summed E-state index contributed by atoms with van der Waals surface area (Å²) in [7, 11) is 0. The van der Waals surface area contributed by atoms with E-state index in [1.165, 1.54) is 44.2 Å². The highest BCUT2D eigenvalue weighted by Gasteiger charge is 2.66. The molecule has 0 radical (unpaired) electrons. The lowest BCUT2D eigenvalue weighted by Crippen LogP contribution is -2.56. The number of hydrogen-bond donors (Lipinski definition) is 1. The number of hydrogen-bond acceptors (Lipinski definition) is 3. The molecule has 1 spiro atoms. The molecule has 1 unspecified atom stereocenters. The maximum atomic E-state index is 10.2. The van der Waals surface area contributed by atoms with Crippen molar-refractivity contribution >= 4 is 0 Å². The number of aromatic nitrogens is 1. The number of ether oxygens (including phenoxy) is 1. The van der Waals surface area contributed by atoms with E-state index in [0.717, 1.165) is 42.8 Å². The van der Waals surface area contributed by atoms with E-state index in [2.05, 4.69) is 31.0 Å². The molecule has 1 aliphatic heterocycles. The number of pyridine rings is 1. The standard InChI is InChI=1S/C25H33NO2/c1-23-10-7-17(27)14-16(23)5-6-18-19(23)8-11-24(2)20(18)9-12-25(24)15-21-22(28-25)4-3-13-26-21/h3-5,13,17-20,27H,6-12,14-15H2,1-2H3/t17-,18+,19-,20-,23-,24-,25?/m0/s1. The summed E-state index contributed by atoms with van der Waals surface area (Å²) >= 11 is 0. The van der Waals surface area contributed by atoms with Gasteiger partial charge in [0.05, 0.1) is 11.8 Å². The van der Waals surface area contributed by atoms with Crippen LogP contribution in [0.15, 0.2) is 30.0 Å². The van der Waals surface area contributed by atoms with Crippen LogP contribution in [-0.2, 0) is 6.42 Å². The zero-order valence-electron chi connectivity index (χ0n) is 17.3. The van der Waals surface area contributed by atoms with Crippen LogP contribution in [0.4, 0.5) is 0 Å². The van der Waals surface area contributed by atoms with Gasteiger partial charge in [-0.3, -0.25) is 4.98 Å². The van der Waals surface area contributed by atoms with Crippen LogP contribution in [0.2, 0.25) is 0 Å². The highest BCUT2D eigenvalue weighted by atomic mass is 16.5. The first kappa shape index (κ1) is 17.5. The molecule has 1 aromatic heterocycles. The summed E-state index contributed by atoms with van der Waals surface area (Å²) in [5.41, 5.74) is 3.28. The number of rotatable bonds is 0. The number of fused-ring (bicyclic) bond motifs is 7. The Hall–Kier alpha value is -1.35. The zero-order chi connectivity index (χ0) is 19.1. The van der Waals surface area contributed by atoms with Crippen LogP contribution in [0.5, 0.6) is 5.75 Å². The lowest BCUT2D eigenvalue weighted by atomic mass is 9.47. The molecule has 0 amide bonds. The van der Waals surface area contributed by atoms with Gasteiger partial charge in [-0.1, -0.05) is 25.5 Å². The molecule has 28 heavy (non-hydrogen) atoms. The second-order valence-corrected chi connectivity index (χ2v) is 10.9. The monoisotopic (exact) mass is 379 g/mol. The number of aliphatic hydroxyl groups is 1. The third-order valence-electron chi connectivity index (χ3n) is 9.97. The highest BCUT2D eigenvalue weighted by Crippen LogP contribution is 2.69. The van der Waals surface area contributed by atoms with Crippen LogP contribution in [0.25, 0.3) is 0 Å². The summed E-state index contributed by atoms with van der Waals surface area (Å²) < 4.78 is 6.74. The third-order valence-corrected chi connectivity index (χ3v) is 9.97. The van der Waals surface area contributed by atoms with Crippen molar-refractivity contribution in [3.63, 3.8) is 0 Å². The fourth-order valence-electron chi connectivity index (χ4n) is 8.36. The molecule has 4 aliphatic carbocycles. The summed E-state index contributed by atoms with van der Waals surface area (Å²) in [5, 5.41) is 10.2. The molecule has 5 aliphatic rings. The van der Waals surface area contributed by atoms with Crippen LogP contribution in [0.1, 0.15) is 70.9 Å². The van der Waals surface area contributed by atoms with E-state index < -0.39 is 0 Å². The topological polar surface area (TPSA) is 42.4 Å². The maximum Gasteiger partial charge on any atom is 0.141 e. The Kier molecular flexibility index (Phi) is 3.51. The van der Waals surface area contributed by atoms with E-state index in [1.807, 2.05) is 12.3 Å². The number of allylic oxidation sites excluding steroid dienone is 1. The van der Waals surface area contributed by atoms with E-state index in [-0.39, 0.29) is 17.1 Å². The van der Waals surface area contributed by atoms with Crippen molar-refractivity contribution in [1.29, 1.82) is 0 Å². The van der Waals surface area contributed by atoms with E-state index in [4.69, 9.17) is 4.74 Å². The van der Waals surface area contributed by atoms with Crippen molar-refractivity contribution in [3.05, 3.63) is 35.7 Å². The van der Waals surface area contributed by atoms with Crippen molar-refractivity contribution in [2.75, 3.05) is 0 Å².